The highest BCUT2D eigenvalue weighted by atomic mass is 16.5. The molecule has 4 heteroatoms. The molecule has 1 heterocycles. The number of methoxy groups -OCH3 is 1. The molecule has 4 nitrogen and oxygen atoms in total. The highest BCUT2D eigenvalue weighted by Gasteiger charge is 2.19. The molecule has 0 fully saturated rings. The van der Waals surface area contributed by atoms with E-state index < -0.39 is 5.60 Å². The van der Waals surface area contributed by atoms with Gasteiger partial charge in [0.1, 0.15) is 11.4 Å². The number of nitrogens with zero attached hydrogens (tertiary/aromatic N) is 2. The first kappa shape index (κ1) is 12.5. The summed E-state index contributed by atoms with van der Waals surface area (Å²) in [5, 5.41) is 9.90. The van der Waals surface area contributed by atoms with Gasteiger partial charge < -0.3 is 9.84 Å². The van der Waals surface area contributed by atoms with Crippen LogP contribution in [0.15, 0.2) is 36.5 Å². The maximum Gasteiger partial charge on any atom is 0.159 e. The summed E-state index contributed by atoms with van der Waals surface area (Å²) in [6.07, 6.45) is 1.65. The van der Waals surface area contributed by atoms with Gasteiger partial charge in [0.05, 0.1) is 12.8 Å². The fourth-order valence-electron chi connectivity index (χ4n) is 1.58. The van der Waals surface area contributed by atoms with E-state index in [2.05, 4.69) is 9.97 Å². The Morgan fingerprint density at radius 3 is 2.33 bits per heavy atom. The van der Waals surface area contributed by atoms with Gasteiger partial charge >= 0.3 is 0 Å². The molecular weight excluding hydrogens is 228 g/mol. The second-order valence-electron chi connectivity index (χ2n) is 4.55. The molecule has 18 heavy (non-hydrogen) atoms. The zero-order chi connectivity index (χ0) is 13.2. The minimum absolute atomic E-state index is 0.413. The number of rotatable bonds is 3. The maximum atomic E-state index is 9.90. The van der Waals surface area contributed by atoms with Crippen LogP contribution in [0.3, 0.4) is 0 Å². The highest BCUT2D eigenvalue weighted by molar-refractivity contribution is 5.59. The number of hydrogen-bond acceptors (Lipinski definition) is 4. The second kappa shape index (κ2) is 4.74. The summed E-state index contributed by atoms with van der Waals surface area (Å²) in [4.78, 5) is 8.45. The Morgan fingerprint density at radius 2 is 1.78 bits per heavy atom. The Bertz CT molecular complexity index is 530. The molecule has 0 aliphatic rings. The van der Waals surface area contributed by atoms with Gasteiger partial charge in [0.25, 0.3) is 0 Å². The predicted molar refractivity (Wildman–Crippen MR) is 69.3 cm³/mol. The highest BCUT2D eigenvalue weighted by Crippen LogP contribution is 2.22. The summed E-state index contributed by atoms with van der Waals surface area (Å²) in [7, 11) is 1.63. The third-order valence-electron chi connectivity index (χ3n) is 2.59. The van der Waals surface area contributed by atoms with E-state index in [1.54, 1.807) is 27.2 Å². The monoisotopic (exact) mass is 244 g/mol. The van der Waals surface area contributed by atoms with Crippen LogP contribution in [-0.2, 0) is 5.60 Å². The van der Waals surface area contributed by atoms with Crippen molar-refractivity contribution in [2.75, 3.05) is 7.11 Å². The summed E-state index contributed by atoms with van der Waals surface area (Å²) < 4.78 is 5.11. The van der Waals surface area contributed by atoms with Gasteiger partial charge in [0, 0.05) is 11.8 Å². The van der Waals surface area contributed by atoms with Gasteiger partial charge in [-0.15, -0.1) is 0 Å². The van der Waals surface area contributed by atoms with Gasteiger partial charge in [-0.2, -0.15) is 0 Å². The van der Waals surface area contributed by atoms with Crippen molar-refractivity contribution < 1.29 is 9.84 Å². The van der Waals surface area contributed by atoms with Crippen LogP contribution in [0.2, 0.25) is 0 Å². The molecule has 0 amide bonds. The molecule has 0 bridgehead atoms. The molecule has 0 saturated heterocycles. The smallest absolute Gasteiger partial charge is 0.159 e. The Hall–Kier alpha value is -1.94. The molecule has 0 atom stereocenters. The van der Waals surface area contributed by atoms with Crippen LogP contribution in [0.4, 0.5) is 0 Å². The SMILES string of the molecule is COc1ccc(-c2ccnc(C(C)(C)O)n2)cc1. The van der Waals surface area contributed by atoms with Gasteiger partial charge in [0.15, 0.2) is 5.82 Å². The molecule has 0 unspecified atom stereocenters. The topological polar surface area (TPSA) is 55.2 Å². The van der Waals surface area contributed by atoms with Gasteiger partial charge in [-0.3, -0.25) is 0 Å². The fraction of sp³-hybridized carbons (Fsp3) is 0.286. The number of hydrogen-bond donors (Lipinski definition) is 1. The standard InChI is InChI=1S/C14H16N2O2/c1-14(2,17)13-15-9-8-12(16-13)10-4-6-11(18-3)7-5-10/h4-9,17H,1-3H3. The number of aliphatic hydroxyl groups is 1. The summed E-state index contributed by atoms with van der Waals surface area (Å²) in [6.45, 7) is 3.33. The van der Waals surface area contributed by atoms with Gasteiger partial charge in [0.2, 0.25) is 0 Å². The Balaban J connectivity index is 2.38. The predicted octanol–water partition coefficient (Wildman–Crippen LogP) is 2.38. The lowest BCUT2D eigenvalue weighted by Gasteiger charge is -2.15. The number of benzene rings is 1. The number of ether oxygens (including phenoxy) is 1. The van der Waals surface area contributed by atoms with E-state index in [0.29, 0.717) is 5.82 Å². The van der Waals surface area contributed by atoms with Gasteiger partial charge in [-0.1, -0.05) is 0 Å². The first-order chi connectivity index (χ1) is 8.50. The van der Waals surface area contributed by atoms with Crippen molar-refractivity contribution >= 4 is 0 Å². The normalized spacial score (nSPS) is 11.3. The average Bonchev–Trinajstić information content (AvgIpc) is 2.38. The minimum Gasteiger partial charge on any atom is -0.497 e. The fourth-order valence-corrected chi connectivity index (χ4v) is 1.58. The summed E-state index contributed by atoms with van der Waals surface area (Å²) in [5.74, 6) is 1.21. The van der Waals surface area contributed by atoms with E-state index in [0.717, 1.165) is 17.0 Å². The molecule has 0 saturated carbocycles. The van der Waals surface area contributed by atoms with E-state index >= 15 is 0 Å². The largest absolute Gasteiger partial charge is 0.497 e. The van der Waals surface area contributed by atoms with Crippen LogP contribution >= 0.6 is 0 Å². The van der Waals surface area contributed by atoms with E-state index in [1.807, 2.05) is 30.3 Å². The molecule has 1 aromatic heterocycles. The van der Waals surface area contributed by atoms with Crippen molar-refractivity contribution in [2.45, 2.75) is 19.4 Å². The lowest BCUT2D eigenvalue weighted by atomic mass is 10.1. The van der Waals surface area contributed by atoms with Crippen LogP contribution in [0, 0.1) is 0 Å². The molecule has 1 N–H and O–H groups in total. The summed E-state index contributed by atoms with van der Waals surface area (Å²) in [5.41, 5.74) is 0.705. The quantitative estimate of drug-likeness (QED) is 0.900. The van der Waals surface area contributed by atoms with Crippen LogP contribution in [-0.4, -0.2) is 22.2 Å². The summed E-state index contributed by atoms with van der Waals surface area (Å²) in [6, 6.07) is 9.42. The average molecular weight is 244 g/mol. The molecule has 0 aliphatic heterocycles. The van der Waals surface area contributed by atoms with Crippen molar-refractivity contribution in [3.63, 3.8) is 0 Å². The molecular formula is C14H16N2O2. The molecule has 0 aliphatic carbocycles. The second-order valence-corrected chi connectivity index (χ2v) is 4.55. The van der Waals surface area contributed by atoms with E-state index in [4.69, 9.17) is 4.74 Å². The van der Waals surface area contributed by atoms with Crippen molar-refractivity contribution in [1.29, 1.82) is 0 Å². The lowest BCUT2D eigenvalue weighted by Crippen LogP contribution is -2.19. The zero-order valence-electron chi connectivity index (χ0n) is 10.7. The van der Waals surface area contributed by atoms with E-state index in [-0.39, 0.29) is 0 Å². The summed E-state index contributed by atoms with van der Waals surface area (Å²) >= 11 is 0. The van der Waals surface area contributed by atoms with Crippen molar-refractivity contribution in [3.8, 4) is 17.0 Å². The molecule has 0 spiro atoms. The van der Waals surface area contributed by atoms with Gasteiger partial charge in [-0.05, 0) is 44.2 Å². The Morgan fingerprint density at radius 1 is 1.11 bits per heavy atom. The number of aromatic nitrogens is 2. The van der Waals surface area contributed by atoms with E-state index in [9.17, 15) is 5.11 Å². The molecule has 2 rings (SSSR count). The molecule has 94 valence electrons. The Labute approximate surface area is 106 Å². The third kappa shape index (κ3) is 2.65. The van der Waals surface area contributed by atoms with Crippen LogP contribution in [0.25, 0.3) is 11.3 Å². The first-order valence-corrected chi connectivity index (χ1v) is 5.71. The van der Waals surface area contributed by atoms with Gasteiger partial charge in [-0.25, -0.2) is 9.97 Å². The first-order valence-electron chi connectivity index (χ1n) is 5.71. The van der Waals surface area contributed by atoms with Crippen LogP contribution in [0.1, 0.15) is 19.7 Å². The Kier molecular flexibility index (Phi) is 3.30. The maximum absolute atomic E-state index is 9.90. The zero-order valence-corrected chi connectivity index (χ0v) is 10.7. The minimum atomic E-state index is -1.04. The van der Waals surface area contributed by atoms with Crippen molar-refractivity contribution in [2.24, 2.45) is 0 Å². The third-order valence-corrected chi connectivity index (χ3v) is 2.59. The van der Waals surface area contributed by atoms with Crippen molar-refractivity contribution in [1.82, 2.24) is 9.97 Å². The lowest BCUT2D eigenvalue weighted by molar-refractivity contribution is 0.0688. The van der Waals surface area contributed by atoms with Crippen LogP contribution in [0.5, 0.6) is 5.75 Å². The molecule has 1 aromatic carbocycles. The van der Waals surface area contributed by atoms with Crippen molar-refractivity contribution in [3.05, 3.63) is 42.4 Å². The van der Waals surface area contributed by atoms with Crippen LogP contribution < -0.4 is 4.74 Å². The van der Waals surface area contributed by atoms with E-state index in [1.165, 1.54) is 0 Å². The molecule has 2 aromatic rings. The molecule has 0 radical (unpaired) electrons.